The molecule has 1 aliphatic rings. The fourth-order valence-corrected chi connectivity index (χ4v) is 3.77. The molecule has 0 bridgehead atoms. The molecule has 1 aliphatic heterocycles. The van der Waals surface area contributed by atoms with E-state index in [1.807, 2.05) is 23.8 Å². The summed E-state index contributed by atoms with van der Waals surface area (Å²) < 4.78 is 7.60. The van der Waals surface area contributed by atoms with Crippen LogP contribution in [0.2, 0.25) is 0 Å². The second-order valence-electron chi connectivity index (χ2n) is 7.33. The minimum Gasteiger partial charge on any atom is -0.451 e. The number of benzene rings is 1. The van der Waals surface area contributed by atoms with Gasteiger partial charge in [0.25, 0.3) is 5.91 Å². The van der Waals surface area contributed by atoms with Crippen molar-refractivity contribution in [1.29, 1.82) is 0 Å². The van der Waals surface area contributed by atoms with Gasteiger partial charge in [-0.3, -0.25) is 14.2 Å². The molecule has 0 aliphatic carbocycles. The first-order chi connectivity index (χ1) is 15.1. The molecular weight excluding hydrogens is 396 g/mol. The summed E-state index contributed by atoms with van der Waals surface area (Å²) in [6.45, 7) is 4.14. The molecule has 0 radical (unpaired) electrons. The maximum atomic E-state index is 12.9. The highest BCUT2D eigenvalue weighted by molar-refractivity contribution is 5.93. The van der Waals surface area contributed by atoms with Gasteiger partial charge in [0.15, 0.2) is 11.2 Å². The van der Waals surface area contributed by atoms with E-state index in [1.54, 1.807) is 35.4 Å². The Balaban J connectivity index is 1.31. The first kappa shape index (κ1) is 19.0. The summed E-state index contributed by atoms with van der Waals surface area (Å²) in [6, 6.07) is 10.1. The van der Waals surface area contributed by atoms with Gasteiger partial charge < -0.3 is 14.2 Å². The molecule has 9 heteroatoms. The van der Waals surface area contributed by atoms with Gasteiger partial charge in [-0.25, -0.2) is 15.0 Å². The van der Waals surface area contributed by atoms with Crippen molar-refractivity contribution in [3.8, 4) is 5.82 Å². The molecule has 4 aromatic rings. The Bertz CT molecular complexity index is 1320. The third-order valence-corrected chi connectivity index (χ3v) is 5.45. The average molecular weight is 416 g/mol. The number of amides is 1. The maximum absolute atomic E-state index is 12.9. The molecule has 1 amide bonds. The van der Waals surface area contributed by atoms with Crippen molar-refractivity contribution in [3.05, 3.63) is 76.9 Å². The molecule has 0 unspecified atom stereocenters. The van der Waals surface area contributed by atoms with Crippen LogP contribution in [0, 0.1) is 6.92 Å². The molecular formula is C22H20N6O3. The van der Waals surface area contributed by atoms with Gasteiger partial charge in [-0.15, -0.1) is 0 Å². The van der Waals surface area contributed by atoms with Crippen LogP contribution in [-0.2, 0) is 0 Å². The normalized spacial score (nSPS) is 14.2. The van der Waals surface area contributed by atoms with E-state index in [9.17, 15) is 9.59 Å². The maximum Gasteiger partial charge on any atom is 0.289 e. The van der Waals surface area contributed by atoms with Gasteiger partial charge in [-0.1, -0.05) is 12.1 Å². The Morgan fingerprint density at radius 3 is 2.55 bits per heavy atom. The van der Waals surface area contributed by atoms with Crippen molar-refractivity contribution in [2.75, 3.05) is 31.1 Å². The van der Waals surface area contributed by atoms with Crippen LogP contribution in [0.5, 0.6) is 0 Å². The highest BCUT2D eigenvalue weighted by atomic mass is 16.3. The van der Waals surface area contributed by atoms with Crippen LogP contribution in [0.3, 0.4) is 0 Å². The second kappa shape index (κ2) is 7.67. The number of imidazole rings is 1. The van der Waals surface area contributed by atoms with Crippen LogP contribution >= 0.6 is 0 Å². The summed E-state index contributed by atoms with van der Waals surface area (Å²) in [7, 11) is 0. The summed E-state index contributed by atoms with van der Waals surface area (Å²) in [4.78, 5) is 42.0. The lowest BCUT2D eigenvalue weighted by Crippen LogP contribution is -2.49. The van der Waals surface area contributed by atoms with Crippen LogP contribution in [0.1, 0.15) is 16.4 Å². The van der Waals surface area contributed by atoms with Crippen LogP contribution in [0.4, 0.5) is 5.82 Å². The fraction of sp³-hybridized carbons (Fsp3) is 0.227. The number of fused-ring (bicyclic) bond motifs is 1. The average Bonchev–Trinajstić information content (AvgIpc) is 3.24. The van der Waals surface area contributed by atoms with Gasteiger partial charge in [0, 0.05) is 50.7 Å². The number of anilines is 1. The van der Waals surface area contributed by atoms with Crippen molar-refractivity contribution >= 4 is 22.7 Å². The monoisotopic (exact) mass is 416 g/mol. The van der Waals surface area contributed by atoms with E-state index in [4.69, 9.17) is 4.42 Å². The Labute approximate surface area is 177 Å². The number of hydrogen-bond acceptors (Lipinski definition) is 7. The summed E-state index contributed by atoms with van der Waals surface area (Å²) >= 11 is 0. The van der Waals surface area contributed by atoms with Gasteiger partial charge in [0.2, 0.25) is 0 Å². The van der Waals surface area contributed by atoms with E-state index in [2.05, 4.69) is 19.9 Å². The Morgan fingerprint density at radius 2 is 1.77 bits per heavy atom. The number of para-hydroxylation sites is 1. The number of hydrogen-bond donors (Lipinski definition) is 0. The molecule has 4 heterocycles. The molecule has 0 N–H and O–H groups in total. The summed E-state index contributed by atoms with van der Waals surface area (Å²) in [5, 5.41) is 0.469. The topological polar surface area (TPSA) is 97.4 Å². The number of aryl methyl sites for hydroxylation is 1. The zero-order chi connectivity index (χ0) is 21.4. The van der Waals surface area contributed by atoms with Gasteiger partial charge >= 0.3 is 0 Å². The number of carbonyl (C=O) groups excluding carboxylic acids is 1. The van der Waals surface area contributed by atoms with Gasteiger partial charge in [0.1, 0.15) is 29.4 Å². The van der Waals surface area contributed by atoms with E-state index < -0.39 is 0 Å². The molecule has 0 saturated carbocycles. The lowest BCUT2D eigenvalue weighted by molar-refractivity contribution is 0.0715. The van der Waals surface area contributed by atoms with Crippen molar-refractivity contribution in [2.24, 2.45) is 0 Å². The highest BCUT2D eigenvalue weighted by Gasteiger charge is 2.25. The number of aromatic nitrogens is 4. The zero-order valence-corrected chi connectivity index (χ0v) is 16.9. The van der Waals surface area contributed by atoms with Gasteiger partial charge in [-0.05, 0) is 19.1 Å². The highest BCUT2D eigenvalue weighted by Crippen LogP contribution is 2.19. The molecule has 156 valence electrons. The molecule has 9 nitrogen and oxygen atoms in total. The largest absolute Gasteiger partial charge is 0.451 e. The second-order valence-corrected chi connectivity index (χ2v) is 7.33. The minimum atomic E-state index is -0.278. The first-order valence-electron chi connectivity index (χ1n) is 9.99. The van der Waals surface area contributed by atoms with Crippen molar-refractivity contribution in [3.63, 3.8) is 0 Å². The lowest BCUT2D eigenvalue weighted by atomic mass is 10.2. The SMILES string of the molecule is Cc1nccn1-c1cc(N2CCN(C(=O)c3cc(=O)c4ccccc4o3)CC2)ncn1. The number of nitrogens with zero attached hydrogens (tertiary/aromatic N) is 6. The van der Waals surface area contributed by atoms with Crippen molar-refractivity contribution in [2.45, 2.75) is 6.92 Å². The predicted molar refractivity (Wildman–Crippen MR) is 114 cm³/mol. The summed E-state index contributed by atoms with van der Waals surface area (Å²) in [5.74, 6) is 2.17. The van der Waals surface area contributed by atoms with Gasteiger partial charge in [-0.2, -0.15) is 0 Å². The number of piperazine rings is 1. The third kappa shape index (κ3) is 3.54. The van der Waals surface area contributed by atoms with E-state index in [1.165, 1.54) is 12.4 Å². The van der Waals surface area contributed by atoms with Crippen molar-refractivity contribution in [1.82, 2.24) is 24.4 Å². The van der Waals surface area contributed by atoms with Crippen LogP contribution in [0.15, 0.2) is 64.3 Å². The molecule has 1 aromatic carbocycles. The van der Waals surface area contributed by atoms with E-state index in [0.717, 1.165) is 17.5 Å². The van der Waals surface area contributed by atoms with E-state index >= 15 is 0 Å². The molecule has 1 saturated heterocycles. The van der Waals surface area contributed by atoms with Crippen molar-refractivity contribution < 1.29 is 9.21 Å². The predicted octanol–water partition coefficient (Wildman–Crippen LogP) is 2.04. The molecule has 0 spiro atoms. The van der Waals surface area contributed by atoms with Gasteiger partial charge in [0.05, 0.1) is 5.39 Å². The smallest absolute Gasteiger partial charge is 0.289 e. The number of carbonyl (C=O) groups is 1. The fourth-order valence-electron chi connectivity index (χ4n) is 3.77. The number of rotatable bonds is 3. The molecule has 1 fully saturated rings. The lowest BCUT2D eigenvalue weighted by Gasteiger charge is -2.35. The summed E-state index contributed by atoms with van der Waals surface area (Å²) in [6.07, 6.45) is 5.12. The Hall–Kier alpha value is -4.01. The molecule has 31 heavy (non-hydrogen) atoms. The van der Waals surface area contributed by atoms with Crippen LogP contribution in [-0.4, -0.2) is 56.5 Å². The Morgan fingerprint density at radius 1 is 1.00 bits per heavy atom. The molecule has 0 atom stereocenters. The zero-order valence-electron chi connectivity index (χ0n) is 16.9. The van der Waals surface area contributed by atoms with Crippen LogP contribution in [0.25, 0.3) is 16.8 Å². The Kier molecular flexibility index (Phi) is 4.70. The molecule has 5 rings (SSSR count). The minimum absolute atomic E-state index is 0.0667. The summed E-state index contributed by atoms with van der Waals surface area (Å²) in [5.41, 5.74) is 0.201. The third-order valence-electron chi connectivity index (χ3n) is 5.45. The quantitative estimate of drug-likeness (QED) is 0.504. The standard InChI is InChI=1S/C22H20N6O3/c1-15-23-6-7-28(15)21-13-20(24-14-25-21)26-8-10-27(11-9-26)22(30)19-12-17(29)16-4-2-3-5-18(16)31-19/h2-7,12-14H,8-11H2,1H3. The first-order valence-corrected chi connectivity index (χ1v) is 9.99. The van der Waals surface area contributed by atoms with E-state index in [-0.39, 0.29) is 17.1 Å². The molecule has 3 aromatic heterocycles. The van der Waals surface area contributed by atoms with E-state index in [0.29, 0.717) is 37.1 Å². The van der Waals surface area contributed by atoms with Crippen LogP contribution < -0.4 is 10.3 Å².